The maximum absolute atomic E-state index is 9.37. The first-order valence-corrected chi connectivity index (χ1v) is 5.25. The second-order valence-electron chi connectivity index (χ2n) is 3.86. The van der Waals surface area contributed by atoms with Crippen molar-refractivity contribution >= 4 is 17.3 Å². The Morgan fingerprint density at radius 1 is 1.57 bits per heavy atom. The molecule has 76 valence electrons. The molecule has 1 atom stereocenters. The molecule has 2 N–H and O–H groups in total. The molecule has 0 fully saturated rings. The van der Waals surface area contributed by atoms with Crippen molar-refractivity contribution in [1.82, 2.24) is 0 Å². The van der Waals surface area contributed by atoms with Gasteiger partial charge < -0.3 is 10.4 Å². The second kappa shape index (κ2) is 3.44. The number of halogens is 1. The lowest BCUT2D eigenvalue weighted by Crippen LogP contribution is -2.39. The Bertz CT molecular complexity index is 347. The average Bonchev–Trinajstić information content (AvgIpc) is 2.59. The minimum Gasteiger partial charge on any atom is -0.394 e. The van der Waals surface area contributed by atoms with Gasteiger partial charge in [-0.15, -0.1) is 0 Å². The Morgan fingerprint density at radius 3 is 2.93 bits per heavy atom. The highest BCUT2D eigenvalue weighted by atomic mass is 35.5. The fourth-order valence-corrected chi connectivity index (χ4v) is 2.19. The maximum Gasteiger partial charge on any atom is 0.0664 e. The van der Waals surface area contributed by atoms with Crippen LogP contribution in [-0.2, 0) is 6.42 Å². The van der Waals surface area contributed by atoms with Gasteiger partial charge in [-0.05, 0) is 24.1 Å². The summed E-state index contributed by atoms with van der Waals surface area (Å²) in [7, 11) is 0. The van der Waals surface area contributed by atoms with Gasteiger partial charge in [0.2, 0.25) is 0 Å². The van der Waals surface area contributed by atoms with Gasteiger partial charge in [0.15, 0.2) is 0 Å². The molecule has 0 spiro atoms. The number of nitrogens with one attached hydrogen (secondary N) is 1. The summed E-state index contributed by atoms with van der Waals surface area (Å²) in [4.78, 5) is 0. The molecule has 1 aromatic carbocycles. The zero-order chi connectivity index (χ0) is 10.2. The number of hydrogen-bond donors (Lipinski definition) is 2. The molecule has 0 bridgehead atoms. The summed E-state index contributed by atoms with van der Waals surface area (Å²) in [5.41, 5.74) is 1.99. The number of anilines is 1. The van der Waals surface area contributed by atoms with Gasteiger partial charge in [0, 0.05) is 17.1 Å². The standard InChI is InChI=1S/C11H14ClNO/c1-2-11(7-14)6-8-9(12)4-3-5-10(8)13-11/h3-5,13-14H,2,6-7H2,1H3. The Hall–Kier alpha value is -0.730. The van der Waals surface area contributed by atoms with Crippen molar-refractivity contribution in [3.63, 3.8) is 0 Å². The molecule has 2 rings (SSSR count). The Morgan fingerprint density at radius 2 is 2.36 bits per heavy atom. The van der Waals surface area contributed by atoms with E-state index < -0.39 is 0 Å². The highest BCUT2D eigenvalue weighted by molar-refractivity contribution is 6.31. The molecule has 2 nitrogen and oxygen atoms in total. The minimum absolute atomic E-state index is 0.147. The van der Waals surface area contributed by atoms with Crippen molar-refractivity contribution in [3.8, 4) is 0 Å². The van der Waals surface area contributed by atoms with E-state index in [1.807, 2.05) is 18.2 Å². The lowest BCUT2D eigenvalue weighted by atomic mass is 9.93. The lowest BCUT2D eigenvalue weighted by molar-refractivity contribution is 0.211. The van der Waals surface area contributed by atoms with Crippen LogP contribution in [0.5, 0.6) is 0 Å². The summed E-state index contributed by atoms with van der Waals surface area (Å²) in [5.74, 6) is 0. The molecule has 1 aliphatic heterocycles. The van der Waals surface area contributed by atoms with Crippen LogP contribution >= 0.6 is 11.6 Å². The SMILES string of the molecule is CCC1(CO)Cc2c(Cl)cccc2N1. The summed E-state index contributed by atoms with van der Waals surface area (Å²) in [6.45, 7) is 2.22. The number of rotatable bonds is 2. The molecule has 0 saturated heterocycles. The van der Waals surface area contributed by atoms with Crippen LogP contribution in [-0.4, -0.2) is 17.3 Å². The van der Waals surface area contributed by atoms with E-state index in [0.717, 1.165) is 29.1 Å². The molecule has 1 aromatic rings. The van der Waals surface area contributed by atoms with E-state index in [9.17, 15) is 5.11 Å². The quantitative estimate of drug-likeness (QED) is 0.788. The van der Waals surface area contributed by atoms with Gasteiger partial charge in [0.1, 0.15) is 0 Å². The van der Waals surface area contributed by atoms with Crippen molar-refractivity contribution in [3.05, 3.63) is 28.8 Å². The van der Waals surface area contributed by atoms with Crippen molar-refractivity contribution in [2.45, 2.75) is 25.3 Å². The summed E-state index contributed by atoms with van der Waals surface area (Å²) >= 11 is 6.09. The van der Waals surface area contributed by atoms with Crippen LogP contribution < -0.4 is 5.32 Å². The molecule has 14 heavy (non-hydrogen) atoms. The predicted molar refractivity (Wildman–Crippen MR) is 58.9 cm³/mol. The molecule has 0 aliphatic carbocycles. The zero-order valence-electron chi connectivity index (χ0n) is 8.18. The van der Waals surface area contributed by atoms with E-state index in [1.165, 1.54) is 0 Å². The first-order valence-electron chi connectivity index (χ1n) is 4.87. The van der Waals surface area contributed by atoms with Crippen LogP contribution in [0.3, 0.4) is 0 Å². The molecule has 0 amide bonds. The molecule has 3 heteroatoms. The fraction of sp³-hybridized carbons (Fsp3) is 0.455. The second-order valence-corrected chi connectivity index (χ2v) is 4.27. The zero-order valence-corrected chi connectivity index (χ0v) is 8.93. The van der Waals surface area contributed by atoms with Crippen molar-refractivity contribution in [2.24, 2.45) is 0 Å². The summed E-state index contributed by atoms with van der Waals surface area (Å²) in [5, 5.41) is 13.5. The smallest absolute Gasteiger partial charge is 0.0664 e. The van der Waals surface area contributed by atoms with E-state index in [4.69, 9.17) is 11.6 Å². The molecule has 1 unspecified atom stereocenters. The summed E-state index contributed by atoms with van der Waals surface area (Å²) < 4.78 is 0. The first kappa shape index (κ1) is 9.81. The molecule has 0 saturated carbocycles. The van der Waals surface area contributed by atoms with Crippen molar-refractivity contribution < 1.29 is 5.11 Å². The van der Waals surface area contributed by atoms with E-state index in [2.05, 4.69) is 12.2 Å². The summed E-state index contributed by atoms with van der Waals surface area (Å²) in [6, 6.07) is 5.83. The van der Waals surface area contributed by atoms with Crippen molar-refractivity contribution in [1.29, 1.82) is 0 Å². The molecule has 0 radical (unpaired) electrons. The van der Waals surface area contributed by atoms with E-state index >= 15 is 0 Å². The highest BCUT2D eigenvalue weighted by Crippen LogP contribution is 2.37. The Balaban J connectivity index is 2.38. The van der Waals surface area contributed by atoms with Gasteiger partial charge in [-0.25, -0.2) is 0 Å². The summed E-state index contributed by atoms with van der Waals surface area (Å²) in [6.07, 6.45) is 1.71. The Labute approximate surface area is 88.9 Å². The number of benzene rings is 1. The monoisotopic (exact) mass is 211 g/mol. The maximum atomic E-state index is 9.37. The normalized spacial score (nSPS) is 24.5. The lowest BCUT2D eigenvalue weighted by Gasteiger charge is -2.25. The third kappa shape index (κ3) is 1.39. The van der Waals surface area contributed by atoms with Gasteiger partial charge in [-0.1, -0.05) is 24.6 Å². The van der Waals surface area contributed by atoms with Gasteiger partial charge in [-0.2, -0.15) is 0 Å². The number of fused-ring (bicyclic) bond motifs is 1. The fourth-order valence-electron chi connectivity index (χ4n) is 1.94. The largest absolute Gasteiger partial charge is 0.394 e. The van der Waals surface area contributed by atoms with Gasteiger partial charge in [0.25, 0.3) is 0 Å². The van der Waals surface area contributed by atoms with Crippen molar-refractivity contribution in [2.75, 3.05) is 11.9 Å². The van der Waals surface area contributed by atoms with E-state index in [1.54, 1.807) is 0 Å². The number of hydrogen-bond acceptors (Lipinski definition) is 2. The van der Waals surface area contributed by atoms with Crippen LogP contribution in [0.25, 0.3) is 0 Å². The molecule has 1 heterocycles. The van der Waals surface area contributed by atoms with Crippen LogP contribution in [0.2, 0.25) is 5.02 Å². The topological polar surface area (TPSA) is 32.3 Å². The van der Waals surface area contributed by atoms with E-state index in [-0.39, 0.29) is 12.1 Å². The molecular weight excluding hydrogens is 198 g/mol. The molecule has 1 aliphatic rings. The Kier molecular flexibility index (Phi) is 2.41. The predicted octanol–water partition coefficient (Wildman–Crippen LogP) is 2.45. The molecule has 0 aromatic heterocycles. The molecular formula is C11H14ClNO. The van der Waals surface area contributed by atoms with Crippen LogP contribution in [0.4, 0.5) is 5.69 Å². The third-order valence-corrected chi connectivity index (χ3v) is 3.37. The van der Waals surface area contributed by atoms with Gasteiger partial charge >= 0.3 is 0 Å². The third-order valence-electron chi connectivity index (χ3n) is 3.01. The highest BCUT2D eigenvalue weighted by Gasteiger charge is 2.35. The van der Waals surface area contributed by atoms with Gasteiger partial charge in [0.05, 0.1) is 12.1 Å². The number of aliphatic hydroxyl groups excluding tert-OH is 1. The minimum atomic E-state index is -0.201. The van der Waals surface area contributed by atoms with Crippen LogP contribution in [0.15, 0.2) is 18.2 Å². The van der Waals surface area contributed by atoms with E-state index in [0.29, 0.717) is 0 Å². The van der Waals surface area contributed by atoms with Gasteiger partial charge in [-0.3, -0.25) is 0 Å². The van der Waals surface area contributed by atoms with Crippen LogP contribution in [0.1, 0.15) is 18.9 Å². The first-order chi connectivity index (χ1) is 6.71. The number of aliphatic hydroxyl groups is 1. The van der Waals surface area contributed by atoms with Crippen LogP contribution in [0, 0.1) is 0 Å². The average molecular weight is 212 g/mol.